The highest BCUT2D eigenvalue weighted by Crippen LogP contribution is 2.17. The zero-order valence-electron chi connectivity index (χ0n) is 10.9. The highest BCUT2D eigenvalue weighted by molar-refractivity contribution is 5.86. The van der Waals surface area contributed by atoms with Gasteiger partial charge < -0.3 is 25.7 Å². The topological polar surface area (TPSA) is 108 Å². The molecule has 1 atom stereocenters. The van der Waals surface area contributed by atoms with Crippen LogP contribution >= 0.6 is 0 Å². The van der Waals surface area contributed by atoms with E-state index in [1.165, 1.54) is 0 Å². The second-order valence-corrected chi connectivity index (χ2v) is 4.53. The Morgan fingerprint density at radius 3 is 2.95 bits per heavy atom. The molecule has 2 rings (SSSR count). The maximum absolute atomic E-state index is 12.2. The fourth-order valence-corrected chi connectivity index (χ4v) is 2.05. The Bertz CT molecular complexity index is 518. The Balaban J connectivity index is 2.01. The molecule has 1 saturated heterocycles. The van der Waals surface area contributed by atoms with E-state index in [-0.39, 0.29) is 30.5 Å². The van der Waals surface area contributed by atoms with E-state index >= 15 is 0 Å². The summed E-state index contributed by atoms with van der Waals surface area (Å²) in [6.07, 6.45) is -0.489. The predicted molar refractivity (Wildman–Crippen MR) is 71.5 cm³/mol. The van der Waals surface area contributed by atoms with E-state index in [0.717, 1.165) is 0 Å². The molecule has 4 N–H and O–H groups in total. The Kier molecular flexibility index (Phi) is 4.41. The molecule has 0 aliphatic carbocycles. The van der Waals surface area contributed by atoms with E-state index in [9.17, 15) is 9.90 Å². The zero-order chi connectivity index (χ0) is 14.5. The van der Waals surface area contributed by atoms with E-state index < -0.39 is 6.10 Å². The van der Waals surface area contributed by atoms with E-state index in [2.05, 4.69) is 5.16 Å². The number of amides is 1. The first-order chi connectivity index (χ1) is 9.61. The Morgan fingerprint density at radius 2 is 2.25 bits per heavy atom. The molecule has 1 aliphatic heterocycles. The van der Waals surface area contributed by atoms with Crippen molar-refractivity contribution in [3.8, 4) is 5.75 Å². The normalized spacial score (nSPS) is 19.9. The van der Waals surface area contributed by atoms with E-state index in [1.54, 1.807) is 29.2 Å². The number of carbonyl (C=O) groups is 1. The number of nitrogens with two attached hydrogens (primary N) is 1. The van der Waals surface area contributed by atoms with Crippen molar-refractivity contribution < 1.29 is 19.8 Å². The third kappa shape index (κ3) is 3.18. The Morgan fingerprint density at radius 1 is 1.50 bits per heavy atom. The molecule has 0 bridgehead atoms. The van der Waals surface area contributed by atoms with Gasteiger partial charge in [-0.25, -0.2) is 0 Å². The monoisotopic (exact) mass is 279 g/mol. The average molecular weight is 279 g/mol. The molecule has 1 unspecified atom stereocenters. The molecule has 1 fully saturated rings. The molecule has 1 aliphatic rings. The molecular weight excluding hydrogens is 262 g/mol. The summed E-state index contributed by atoms with van der Waals surface area (Å²) < 4.78 is 5.33. The summed E-state index contributed by atoms with van der Waals surface area (Å²) in [6.45, 7) is 1.01. The molecule has 7 heteroatoms. The van der Waals surface area contributed by atoms with Crippen LogP contribution in [0.4, 0.5) is 0 Å². The summed E-state index contributed by atoms with van der Waals surface area (Å²) in [5.74, 6) is -0.0855. The zero-order valence-corrected chi connectivity index (χ0v) is 10.9. The van der Waals surface area contributed by atoms with Gasteiger partial charge in [0.2, 0.25) is 5.91 Å². The van der Waals surface area contributed by atoms with Crippen molar-refractivity contribution >= 4 is 11.7 Å². The smallest absolute Gasteiger partial charge is 0.227 e. The predicted octanol–water partition coefficient (Wildman–Crippen LogP) is -0.0915. The number of nitrogens with zero attached hydrogens (tertiary/aromatic N) is 2. The highest BCUT2D eigenvalue weighted by atomic mass is 16.5. The maximum Gasteiger partial charge on any atom is 0.227 e. The van der Waals surface area contributed by atoms with Crippen LogP contribution in [0.2, 0.25) is 0 Å². The van der Waals surface area contributed by atoms with Gasteiger partial charge in [0.15, 0.2) is 5.84 Å². The van der Waals surface area contributed by atoms with Crippen molar-refractivity contribution in [3.05, 3.63) is 29.8 Å². The number of hydrogen-bond donors (Lipinski definition) is 3. The van der Waals surface area contributed by atoms with Crippen LogP contribution in [0.25, 0.3) is 0 Å². The van der Waals surface area contributed by atoms with Gasteiger partial charge in [0.1, 0.15) is 11.9 Å². The number of morpholine rings is 1. The number of ether oxygens (including phenoxy) is 1. The number of rotatable bonds is 3. The minimum atomic E-state index is -0.595. The third-order valence-corrected chi connectivity index (χ3v) is 3.20. The van der Waals surface area contributed by atoms with Crippen LogP contribution in [0.5, 0.6) is 5.75 Å². The van der Waals surface area contributed by atoms with Crippen LogP contribution in [0, 0.1) is 0 Å². The number of hydrogen-bond acceptors (Lipinski definition) is 5. The SMILES string of the molecule is N/C(=N/O)C1CN(C(=O)Cc2ccccc2O)CCO1. The second kappa shape index (κ2) is 6.25. The number of phenols is 1. The molecule has 0 spiro atoms. The minimum absolute atomic E-state index is 0.0509. The van der Waals surface area contributed by atoms with Gasteiger partial charge in [0.25, 0.3) is 0 Å². The minimum Gasteiger partial charge on any atom is -0.508 e. The van der Waals surface area contributed by atoms with Crippen molar-refractivity contribution in [1.82, 2.24) is 4.90 Å². The van der Waals surface area contributed by atoms with Crippen LogP contribution in [0.15, 0.2) is 29.4 Å². The number of phenolic OH excluding ortho intramolecular Hbond substituents is 1. The number of benzene rings is 1. The average Bonchev–Trinajstić information content (AvgIpc) is 2.49. The summed E-state index contributed by atoms with van der Waals surface area (Å²) in [4.78, 5) is 13.8. The van der Waals surface area contributed by atoms with Gasteiger partial charge in [-0.15, -0.1) is 0 Å². The van der Waals surface area contributed by atoms with E-state index in [4.69, 9.17) is 15.7 Å². The van der Waals surface area contributed by atoms with Crippen LogP contribution in [-0.2, 0) is 16.0 Å². The first kappa shape index (κ1) is 14.1. The summed E-state index contributed by atoms with van der Waals surface area (Å²) in [5.41, 5.74) is 6.06. The second-order valence-electron chi connectivity index (χ2n) is 4.53. The lowest BCUT2D eigenvalue weighted by atomic mass is 10.1. The number of oxime groups is 1. The van der Waals surface area contributed by atoms with Crippen molar-refractivity contribution in [2.45, 2.75) is 12.5 Å². The van der Waals surface area contributed by atoms with E-state index in [0.29, 0.717) is 18.7 Å². The Hall–Kier alpha value is -2.28. The fraction of sp³-hybridized carbons (Fsp3) is 0.385. The molecular formula is C13H17N3O4. The number of para-hydroxylation sites is 1. The highest BCUT2D eigenvalue weighted by Gasteiger charge is 2.27. The Labute approximate surface area is 116 Å². The quantitative estimate of drug-likeness (QED) is 0.310. The summed E-state index contributed by atoms with van der Waals surface area (Å²) in [7, 11) is 0. The van der Waals surface area contributed by atoms with Crippen LogP contribution in [0.1, 0.15) is 5.56 Å². The molecule has 0 aromatic heterocycles. The first-order valence-corrected chi connectivity index (χ1v) is 6.25. The summed E-state index contributed by atoms with van der Waals surface area (Å²) in [5, 5.41) is 21.2. The standard InChI is InChI=1S/C13H17N3O4/c14-13(15-19)11-8-16(5-6-20-11)12(18)7-9-3-1-2-4-10(9)17/h1-4,11,17,19H,5-8H2,(H2,14,15). The van der Waals surface area contributed by atoms with Gasteiger partial charge in [-0.05, 0) is 6.07 Å². The van der Waals surface area contributed by atoms with Crippen molar-refractivity contribution in [3.63, 3.8) is 0 Å². The number of amidine groups is 1. The lowest BCUT2D eigenvalue weighted by Gasteiger charge is -2.32. The maximum atomic E-state index is 12.2. The number of carbonyl (C=O) groups excluding carboxylic acids is 1. The summed E-state index contributed by atoms with van der Waals surface area (Å²) in [6, 6.07) is 6.71. The fourth-order valence-electron chi connectivity index (χ4n) is 2.05. The van der Waals surface area contributed by atoms with Crippen molar-refractivity contribution in [1.29, 1.82) is 0 Å². The third-order valence-electron chi connectivity index (χ3n) is 3.20. The van der Waals surface area contributed by atoms with Gasteiger partial charge in [0, 0.05) is 12.1 Å². The van der Waals surface area contributed by atoms with Crippen LogP contribution in [0.3, 0.4) is 0 Å². The van der Waals surface area contributed by atoms with Gasteiger partial charge in [-0.2, -0.15) is 0 Å². The molecule has 1 aromatic rings. The van der Waals surface area contributed by atoms with Crippen LogP contribution < -0.4 is 5.73 Å². The van der Waals surface area contributed by atoms with E-state index in [1.807, 2.05) is 0 Å². The van der Waals surface area contributed by atoms with Gasteiger partial charge in [-0.3, -0.25) is 4.79 Å². The first-order valence-electron chi connectivity index (χ1n) is 6.25. The molecule has 1 amide bonds. The van der Waals surface area contributed by atoms with Gasteiger partial charge >= 0.3 is 0 Å². The molecule has 1 heterocycles. The van der Waals surface area contributed by atoms with Gasteiger partial charge in [-0.1, -0.05) is 23.4 Å². The molecule has 0 radical (unpaired) electrons. The lowest BCUT2D eigenvalue weighted by molar-refractivity contribution is -0.136. The molecule has 1 aromatic carbocycles. The molecule has 0 saturated carbocycles. The number of aromatic hydroxyl groups is 1. The largest absolute Gasteiger partial charge is 0.508 e. The van der Waals surface area contributed by atoms with Crippen LogP contribution in [-0.4, -0.2) is 52.8 Å². The summed E-state index contributed by atoms with van der Waals surface area (Å²) >= 11 is 0. The van der Waals surface area contributed by atoms with Crippen molar-refractivity contribution in [2.75, 3.05) is 19.7 Å². The van der Waals surface area contributed by atoms with Gasteiger partial charge in [0.05, 0.1) is 19.6 Å². The molecule has 20 heavy (non-hydrogen) atoms. The lowest BCUT2D eigenvalue weighted by Crippen LogP contribution is -2.50. The molecule has 108 valence electrons. The van der Waals surface area contributed by atoms with Crippen molar-refractivity contribution in [2.24, 2.45) is 10.9 Å². The molecule has 7 nitrogen and oxygen atoms in total.